The second-order valence-corrected chi connectivity index (χ2v) is 6.08. The van der Waals surface area contributed by atoms with E-state index in [1.54, 1.807) is 12.1 Å². The smallest absolute Gasteiger partial charge is 0.196 e. The summed E-state index contributed by atoms with van der Waals surface area (Å²) >= 11 is 20.0. The van der Waals surface area contributed by atoms with Gasteiger partial charge in [0, 0.05) is 14.2 Å². The molecule has 0 heterocycles. The Hall–Kier alpha value is -0.290. The van der Waals surface area contributed by atoms with Gasteiger partial charge in [-0.15, -0.1) is 0 Å². The lowest BCUT2D eigenvalue weighted by Crippen LogP contribution is -2.03. The van der Waals surface area contributed by atoms with Gasteiger partial charge in [0.25, 0.3) is 0 Å². The maximum absolute atomic E-state index is 12.3. The summed E-state index contributed by atoms with van der Waals surface area (Å²) in [5.74, 6) is -0.208. The van der Waals surface area contributed by atoms with Gasteiger partial charge in [0.1, 0.15) is 0 Å². The van der Waals surface area contributed by atoms with Crippen molar-refractivity contribution in [3.63, 3.8) is 0 Å². The quantitative estimate of drug-likeness (QED) is 0.472. The Morgan fingerprint density at radius 1 is 1.00 bits per heavy atom. The Bertz CT molecular complexity index is 602. The minimum atomic E-state index is -0.208. The molecule has 0 aromatic heterocycles. The Kier molecular flexibility index (Phi) is 4.54. The van der Waals surface area contributed by atoms with Gasteiger partial charge in [-0.05, 0) is 46.9 Å². The van der Waals surface area contributed by atoms with Gasteiger partial charge < -0.3 is 0 Å². The van der Waals surface area contributed by atoms with E-state index < -0.39 is 0 Å². The number of carbonyl (C=O) groups excluding carboxylic acids is 1. The van der Waals surface area contributed by atoms with Crippen LogP contribution < -0.4 is 0 Å². The molecule has 0 bridgehead atoms. The minimum absolute atomic E-state index is 0.208. The molecule has 0 aliphatic carbocycles. The molecule has 92 valence electrons. The molecule has 2 rings (SSSR count). The largest absolute Gasteiger partial charge is 0.288 e. The van der Waals surface area contributed by atoms with Crippen LogP contribution in [-0.2, 0) is 0 Å². The molecule has 0 saturated carbocycles. The normalized spacial score (nSPS) is 10.4. The molecule has 0 saturated heterocycles. The summed E-state index contributed by atoms with van der Waals surface area (Å²) < 4.78 is 0.972. The molecule has 2 aromatic rings. The second kappa shape index (κ2) is 5.78. The summed E-state index contributed by atoms with van der Waals surface area (Å²) in [5.41, 5.74) is 0.831. The third-order valence-corrected chi connectivity index (χ3v) is 3.81. The van der Waals surface area contributed by atoms with Crippen molar-refractivity contribution < 1.29 is 4.79 Å². The average Bonchev–Trinajstić information content (AvgIpc) is 2.27. The Morgan fingerprint density at radius 3 is 2.17 bits per heavy atom. The minimum Gasteiger partial charge on any atom is -0.288 e. The van der Waals surface area contributed by atoms with Crippen LogP contribution in [0.15, 0.2) is 36.4 Å². The number of hydrogen-bond acceptors (Lipinski definition) is 1. The number of ketones is 1. The molecule has 0 unspecified atom stereocenters. The van der Waals surface area contributed by atoms with Crippen LogP contribution in [0.4, 0.5) is 0 Å². The Morgan fingerprint density at radius 2 is 1.61 bits per heavy atom. The highest BCUT2D eigenvalue weighted by Crippen LogP contribution is 2.31. The number of hydrogen-bond donors (Lipinski definition) is 0. The second-order valence-electron chi connectivity index (χ2n) is 3.58. The van der Waals surface area contributed by atoms with E-state index in [4.69, 9.17) is 34.8 Å². The molecule has 0 radical (unpaired) electrons. The van der Waals surface area contributed by atoms with Crippen molar-refractivity contribution in [2.24, 2.45) is 0 Å². The van der Waals surface area contributed by atoms with Crippen LogP contribution in [0.1, 0.15) is 15.9 Å². The van der Waals surface area contributed by atoms with Crippen LogP contribution in [0, 0.1) is 3.57 Å². The highest BCUT2D eigenvalue weighted by molar-refractivity contribution is 14.1. The molecule has 0 aliphatic heterocycles. The van der Waals surface area contributed by atoms with E-state index >= 15 is 0 Å². The van der Waals surface area contributed by atoms with E-state index in [0.717, 1.165) is 3.57 Å². The predicted octanol–water partition coefficient (Wildman–Crippen LogP) is 5.48. The number of halogens is 4. The molecule has 2 aromatic carbocycles. The summed E-state index contributed by atoms with van der Waals surface area (Å²) in [7, 11) is 0. The molecule has 0 amide bonds. The molecule has 5 heteroatoms. The van der Waals surface area contributed by atoms with Crippen LogP contribution >= 0.6 is 57.4 Å². The predicted molar refractivity (Wildman–Crippen MR) is 84.1 cm³/mol. The van der Waals surface area contributed by atoms with Crippen molar-refractivity contribution in [3.05, 3.63) is 66.2 Å². The lowest BCUT2D eigenvalue weighted by atomic mass is 10.0. The van der Waals surface area contributed by atoms with Gasteiger partial charge in [0.2, 0.25) is 0 Å². The fraction of sp³-hybridized carbons (Fsp3) is 0. The number of rotatable bonds is 2. The van der Waals surface area contributed by atoms with Gasteiger partial charge in [-0.1, -0.05) is 46.9 Å². The SMILES string of the molecule is O=C(c1cccc(I)c1)c1c(Cl)cc(Cl)cc1Cl. The summed E-state index contributed by atoms with van der Waals surface area (Å²) in [6.07, 6.45) is 0. The van der Waals surface area contributed by atoms with Crippen LogP contribution in [-0.4, -0.2) is 5.78 Å². The fourth-order valence-electron chi connectivity index (χ4n) is 1.53. The van der Waals surface area contributed by atoms with E-state index in [9.17, 15) is 4.79 Å². The highest BCUT2D eigenvalue weighted by atomic mass is 127. The zero-order valence-electron chi connectivity index (χ0n) is 8.88. The van der Waals surface area contributed by atoms with Crippen LogP contribution in [0.25, 0.3) is 0 Å². The molecule has 0 atom stereocenters. The first-order valence-corrected chi connectivity index (χ1v) is 7.15. The Balaban J connectivity index is 2.53. The first-order valence-electron chi connectivity index (χ1n) is 4.94. The van der Waals surface area contributed by atoms with Gasteiger partial charge in [-0.2, -0.15) is 0 Å². The maximum Gasteiger partial charge on any atom is 0.196 e. The molecule has 1 nitrogen and oxygen atoms in total. The lowest BCUT2D eigenvalue weighted by molar-refractivity contribution is 0.103. The summed E-state index contributed by atoms with van der Waals surface area (Å²) in [5, 5.41) is 0.928. The highest BCUT2D eigenvalue weighted by Gasteiger charge is 2.17. The van der Waals surface area contributed by atoms with Crippen molar-refractivity contribution in [1.82, 2.24) is 0 Å². The summed E-state index contributed by atoms with van der Waals surface area (Å²) in [6, 6.07) is 10.2. The van der Waals surface area contributed by atoms with Crippen molar-refractivity contribution in [3.8, 4) is 0 Å². The maximum atomic E-state index is 12.3. The van der Waals surface area contributed by atoms with E-state index in [-0.39, 0.29) is 21.4 Å². The fourth-order valence-corrected chi connectivity index (χ4v) is 3.06. The first-order chi connectivity index (χ1) is 8.49. The molecular formula is C13H6Cl3IO. The monoisotopic (exact) mass is 410 g/mol. The van der Waals surface area contributed by atoms with Crippen LogP contribution in [0.3, 0.4) is 0 Å². The van der Waals surface area contributed by atoms with Crippen molar-refractivity contribution in [1.29, 1.82) is 0 Å². The average molecular weight is 411 g/mol. The number of carbonyl (C=O) groups is 1. The standard InChI is InChI=1S/C13H6Cl3IO/c14-8-5-10(15)12(11(16)6-8)13(18)7-2-1-3-9(17)4-7/h1-6H. The molecule has 0 spiro atoms. The molecule has 18 heavy (non-hydrogen) atoms. The van der Waals surface area contributed by atoms with Crippen LogP contribution in [0.5, 0.6) is 0 Å². The van der Waals surface area contributed by atoms with Gasteiger partial charge in [0.15, 0.2) is 5.78 Å². The molecule has 0 N–H and O–H groups in total. The van der Waals surface area contributed by atoms with Crippen molar-refractivity contribution in [2.45, 2.75) is 0 Å². The van der Waals surface area contributed by atoms with Gasteiger partial charge in [-0.3, -0.25) is 4.79 Å². The molecule has 0 aliphatic rings. The van der Waals surface area contributed by atoms with E-state index in [1.165, 1.54) is 12.1 Å². The zero-order chi connectivity index (χ0) is 13.3. The third kappa shape index (κ3) is 2.99. The van der Waals surface area contributed by atoms with E-state index in [1.807, 2.05) is 12.1 Å². The first kappa shape index (κ1) is 14.1. The summed E-state index contributed by atoms with van der Waals surface area (Å²) in [4.78, 5) is 12.3. The van der Waals surface area contributed by atoms with Gasteiger partial charge in [-0.25, -0.2) is 0 Å². The van der Waals surface area contributed by atoms with Crippen molar-refractivity contribution in [2.75, 3.05) is 0 Å². The number of benzene rings is 2. The third-order valence-electron chi connectivity index (χ3n) is 2.32. The Labute approximate surface area is 133 Å². The van der Waals surface area contributed by atoms with Crippen molar-refractivity contribution >= 4 is 63.2 Å². The van der Waals surface area contributed by atoms with E-state index in [2.05, 4.69) is 22.6 Å². The topological polar surface area (TPSA) is 17.1 Å². The molecular weight excluding hydrogens is 405 g/mol. The van der Waals surface area contributed by atoms with Gasteiger partial charge >= 0.3 is 0 Å². The van der Waals surface area contributed by atoms with Gasteiger partial charge in [0.05, 0.1) is 15.6 Å². The van der Waals surface area contributed by atoms with E-state index in [0.29, 0.717) is 10.6 Å². The lowest BCUT2D eigenvalue weighted by Gasteiger charge is -2.07. The molecule has 0 fully saturated rings. The summed E-state index contributed by atoms with van der Waals surface area (Å²) in [6.45, 7) is 0. The zero-order valence-corrected chi connectivity index (χ0v) is 13.3. The van der Waals surface area contributed by atoms with Crippen LogP contribution in [0.2, 0.25) is 15.1 Å².